The van der Waals surface area contributed by atoms with Crippen molar-refractivity contribution in [3.8, 4) is 0 Å². The number of aliphatic hydroxyl groups excluding tert-OH is 1. The lowest BCUT2D eigenvalue weighted by Crippen LogP contribution is -2.26. The minimum absolute atomic E-state index is 0.0256. The molecule has 1 aliphatic rings. The average molecular weight is 312 g/mol. The first-order valence-corrected chi connectivity index (χ1v) is 7.64. The van der Waals surface area contributed by atoms with Gasteiger partial charge in [-0.25, -0.2) is 0 Å². The number of nitrogen functional groups attached to an aromatic ring is 1. The zero-order chi connectivity index (χ0) is 15.2. The van der Waals surface area contributed by atoms with Gasteiger partial charge >= 0.3 is 0 Å². The predicted molar refractivity (Wildman–Crippen MR) is 85.4 cm³/mol. The third-order valence-corrected chi connectivity index (χ3v) is 4.19. The van der Waals surface area contributed by atoms with E-state index in [1.807, 2.05) is 0 Å². The van der Waals surface area contributed by atoms with Gasteiger partial charge in [-0.2, -0.15) is 0 Å². The molecule has 0 bridgehead atoms. The molecule has 1 aromatic carbocycles. The van der Waals surface area contributed by atoms with Crippen LogP contribution in [0.25, 0.3) is 0 Å². The number of rotatable bonds is 6. The summed E-state index contributed by atoms with van der Waals surface area (Å²) in [5.74, 6) is 0.538. The van der Waals surface area contributed by atoms with Gasteiger partial charge in [0.15, 0.2) is 0 Å². The number of anilines is 2. The van der Waals surface area contributed by atoms with Crippen LogP contribution in [0.4, 0.5) is 11.4 Å². The van der Waals surface area contributed by atoms with E-state index in [1.54, 1.807) is 18.2 Å². The summed E-state index contributed by atoms with van der Waals surface area (Å²) < 4.78 is 0. The Kier molecular flexibility index (Phi) is 5.85. The van der Waals surface area contributed by atoms with E-state index >= 15 is 0 Å². The number of nitrogens with one attached hydrogen (secondary N) is 1. The monoisotopic (exact) mass is 311 g/mol. The van der Waals surface area contributed by atoms with Crippen LogP contribution >= 0.6 is 11.6 Å². The van der Waals surface area contributed by atoms with Crippen LogP contribution in [0.15, 0.2) is 18.2 Å². The molecule has 0 aromatic heterocycles. The number of likely N-dealkylation sites (tertiary alicyclic amines) is 1. The van der Waals surface area contributed by atoms with Crippen LogP contribution in [0.5, 0.6) is 0 Å². The summed E-state index contributed by atoms with van der Waals surface area (Å²) in [7, 11) is 0. The van der Waals surface area contributed by atoms with E-state index in [-0.39, 0.29) is 12.5 Å². The van der Waals surface area contributed by atoms with Gasteiger partial charge in [-0.15, -0.1) is 0 Å². The van der Waals surface area contributed by atoms with Gasteiger partial charge in [-0.05, 0) is 43.5 Å². The number of benzene rings is 1. The number of hydrogen-bond donors (Lipinski definition) is 3. The second-order valence-electron chi connectivity index (χ2n) is 5.50. The Labute approximate surface area is 130 Å². The van der Waals surface area contributed by atoms with E-state index in [1.165, 1.54) is 0 Å². The molecule has 1 aliphatic heterocycles. The van der Waals surface area contributed by atoms with Crippen LogP contribution in [0.2, 0.25) is 5.02 Å². The van der Waals surface area contributed by atoms with Crippen molar-refractivity contribution in [1.29, 1.82) is 0 Å². The first-order chi connectivity index (χ1) is 10.1. The molecule has 4 N–H and O–H groups in total. The maximum atomic E-state index is 11.9. The molecular weight excluding hydrogens is 290 g/mol. The molecule has 0 saturated carbocycles. The highest BCUT2D eigenvalue weighted by atomic mass is 35.5. The Morgan fingerprint density at radius 3 is 3.05 bits per heavy atom. The number of hydrogen-bond acceptors (Lipinski definition) is 4. The fraction of sp³-hybridized carbons (Fsp3) is 0.533. The van der Waals surface area contributed by atoms with Crippen molar-refractivity contribution in [3.63, 3.8) is 0 Å². The molecule has 1 saturated heterocycles. The Morgan fingerprint density at radius 1 is 1.52 bits per heavy atom. The highest BCUT2D eigenvalue weighted by Gasteiger charge is 2.22. The Balaban J connectivity index is 1.74. The number of carbonyl (C=O) groups is 1. The second-order valence-corrected chi connectivity index (χ2v) is 5.91. The summed E-state index contributed by atoms with van der Waals surface area (Å²) in [5, 5.41) is 12.2. The molecule has 5 nitrogen and oxygen atoms in total. The van der Waals surface area contributed by atoms with Crippen molar-refractivity contribution in [2.24, 2.45) is 5.92 Å². The molecule has 0 aliphatic carbocycles. The standard InChI is InChI=1S/C15H22ClN3O2/c16-13-2-1-12(9-14(13)17)18-15(21)4-7-19-6-3-11(10-19)5-8-20/h1-2,9,11,20H,3-8,10,17H2,(H,18,21). The molecule has 116 valence electrons. The van der Waals surface area contributed by atoms with E-state index in [0.29, 0.717) is 28.7 Å². The van der Waals surface area contributed by atoms with Crippen LogP contribution in [0.3, 0.4) is 0 Å². The molecule has 1 unspecified atom stereocenters. The van der Waals surface area contributed by atoms with Gasteiger partial charge in [0.1, 0.15) is 0 Å². The molecule has 21 heavy (non-hydrogen) atoms. The van der Waals surface area contributed by atoms with Gasteiger partial charge in [0.25, 0.3) is 0 Å². The van der Waals surface area contributed by atoms with Crippen molar-refractivity contribution in [2.45, 2.75) is 19.3 Å². The predicted octanol–water partition coefficient (Wildman–Crippen LogP) is 1.96. The van der Waals surface area contributed by atoms with Crippen LogP contribution in [0, 0.1) is 5.92 Å². The first kappa shape index (κ1) is 16.1. The highest BCUT2D eigenvalue weighted by Crippen LogP contribution is 2.22. The van der Waals surface area contributed by atoms with Crippen molar-refractivity contribution >= 4 is 28.9 Å². The maximum absolute atomic E-state index is 11.9. The lowest BCUT2D eigenvalue weighted by molar-refractivity contribution is -0.116. The molecular formula is C15H22ClN3O2. The number of amides is 1. The van der Waals surface area contributed by atoms with Crippen LogP contribution in [-0.2, 0) is 4.79 Å². The summed E-state index contributed by atoms with van der Waals surface area (Å²) in [6.45, 7) is 2.97. The SMILES string of the molecule is Nc1cc(NC(=O)CCN2CCC(CCO)C2)ccc1Cl. The third kappa shape index (κ3) is 4.88. The molecule has 1 aromatic rings. The molecule has 2 rings (SSSR count). The number of aliphatic hydroxyl groups is 1. The third-order valence-electron chi connectivity index (χ3n) is 3.84. The topological polar surface area (TPSA) is 78.6 Å². The summed E-state index contributed by atoms with van der Waals surface area (Å²) in [6, 6.07) is 5.07. The summed E-state index contributed by atoms with van der Waals surface area (Å²) >= 11 is 5.84. The van der Waals surface area contributed by atoms with Gasteiger partial charge in [-0.1, -0.05) is 11.6 Å². The van der Waals surface area contributed by atoms with E-state index < -0.39 is 0 Å². The Hall–Kier alpha value is -1.30. The summed E-state index contributed by atoms with van der Waals surface area (Å²) in [5.41, 5.74) is 6.83. The molecule has 1 amide bonds. The maximum Gasteiger partial charge on any atom is 0.225 e. The zero-order valence-electron chi connectivity index (χ0n) is 12.0. The number of nitrogens with zero attached hydrogens (tertiary/aromatic N) is 1. The van der Waals surface area contributed by atoms with Crippen molar-refractivity contribution in [3.05, 3.63) is 23.2 Å². The van der Waals surface area contributed by atoms with Gasteiger partial charge in [0.2, 0.25) is 5.91 Å². The van der Waals surface area contributed by atoms with E-state index in [0.717, 1.165) is 32.5 Å². The van der Waals surface area contributed by atoms with Gasteiger partial charge < -0.3 is 21.1 Å². The summed E-state index contributed by atoms with van der Waals surface area (Å²) in [4.78, 5) is 14.2. The fourth-order valence-electron chi connectivity index (χ4n) is 2.64. The molecule has 1 atom stereocenters. The van der Waals surface area contributed by atoms with Gasteiger partial charge in [0.05, 0.1) is 10.7 Å². The highest BCUT2D eigenvalue weighted by molar-refractivity contribution is 6.33. The Morgan fingerprint density at radius 2 is 2.33 bits per heavy atom. The lowest BCUT2D eigenvalue weighted by atomic mass is 10.1. The van der Waals surface area contributed by atoms with Crippen molar-refractivity contribution < 1.29 is 9.90 Å². The largest absolute Gasteiger partial charge is 0.397 e. The molecule has 0 spiro atoms. The fourth-order valence-corrected chi connectivity index (χ4v) is 2.76. The minimum Gasteiger partial charge on any atom is -0.397 e. The van der Waals surface area contributed by atoms with E-state index in [4.69, 9.17) is 22.4 Å². The zero-order valence-corrected chi connectivity index (χ0v) is 12.8. The summed E-state index contributed by atoms with van der Waals surface area (Å²) in [6.07, 6.45) is 2.41. The van der Waals surface area contributed by atoms with Gasteiger partial charge in [0, 0.05) is 31.8 Å². The van der Waals surface area contributed by atoms with Crippen LogP contribution in [0.1, 0.15) is 19.3 Å². The average Bonchev–Trinajstić information content (AvgIpc) is 2.89. The number of carbonyl (C=O) groups excluding carboxylic acids is 1. The van der Waals surface area contributed by atoms with E-state index in [9.17, 15) is 4.79 Å². The van der Waals surface area contributed by atoms with Crippen molar-refractivity contribution in [2.75, 3.05) is 37.3 Å². The van der Waals surface area contributed by atoms with Crippen molar-refractivity contribution in [1.82, 2.24) is 4.90 Å². The molecule has 0 radical (unpaired) electrons. The molecule has 1 fully saturated rings. The number of nitrogens with two attached hydrogens (primary N) is 1. The molecule has 1 heterocycles. The second kappa shape index (κ2) is 7.64. The normalized spacial score (nSPS) is 18.9. The minimum atomic E-state index is -0.0256. The first-order valence-electron chi connectivity index (χ1n) is 7.26. The quantitative estimate of drug-likeness (QED) is 0.702. The molecule has 6 heteroatoms. The van der Waals surface area contributed by atoms with Gasteiger partial charge in [-0.3, -0.25) is 4.79 Å². The van der Waals surface area contributed by atoms with E-state index in [2.05, 4.69) is 10.2 Å². The van der Waals surface area contributed by atoms with Crippen LogP contribution in [-0.4, -0.2) is 42.2 Å². The Bertz CT molecular complexity index is 496. The number of halogens is 1. The smallest absolute Gasteiger partial charge is 0.225 e. The lowest BCUT2D eigenvalue weighted by Gasteiger charge is -2.15. The van der Waals surface area contributed by atoms with Crippen LogP contribution < -0.4 is 11.1 Å².